The minimum atomic E-state index is -0.336. The summed E-state index contributed by atoms with van der Waals surface area (Å²) in [5, 5.41) is 11.3. The molecule has 6 heteroatoms. The molecule has 3 aromatic carbocycles. The Bertz CT molecular complexity index is 1140. The number of hydrogen-bond acceptors (Lipinski definition) is 4. The standard InChI is InChI=1S/C25H22N4O2/c1-18(30)29-16-15-19-7-5-6-10-23(19)24(29)17-25(31)26-20-11-13-22(14-12-20)28-27-21-8-3-2-4-9-21/h2-16,24H,17H2,1H3,(H,26,31). The summed E-state index contributed by atoms with van der Waals surface area (Å²) in [6, 6.07) is 24.1. The molecule has 154 valence electrons. The van der Waals surface area contributed by atoms with E-state index >= 15 is 0 Å². The lowest BCUT2D eigenvalue weighted by molar-refractivity contribution is -0.129. The first-order chi connectivity index (χ1) is 15.1. The van der Waals surface area contributed by atoms with Crippen LogP contribution < -0.4 is 5.32 Å². The van der Waals surface area contributed by atoms with Gasteiger partial charge in [0.25, 0.3) is 0 Å². The number of hydrogen-bond donors (Lipinski definition) is 1. The van der Waals surface area contributed by atoms with Gasteiger partial charge in [-0.15, -0.1) is 0 Å². The van der Waals surface area contributed by atoms with E-state index in [2.05, 4.69) is 15.5 Å². The van der Waals surface area contributed by atoms with Gasteiger partial charge in [-0.2, -0.15) is 10.2 Å². The summed E-state index contributed by atoms with van der Waals surface area (Å²) in [5.41, 5.74) is 4.11. The number of anilines is 1. The lowest BCUT2D eigenvalue weighted by Crippen LogP contribution is -2.33. The van der Waals surface area contributed by atoms with Crippen molar-refractivity contribution in [1.82, 2.24) is 4.90 Å². The van der Waals surface area contributed by atoms with Gasteiger partial charge in [0, 0.05) is 18.8 Å². The van der Waals surface area contributed by atoms with Crippen molar-refractivity contribution in [2.24, 2.45) is 10.2 Å². The van der Waals surface area contributed by atoms with Crippen molar-refractivity contribution in [2.45, 2.75) is 19.4 Å². The molecule has 0 saturated heterocycles. The van der Waals surface area contributed by atoms with E-state index in [-0.39, 0.29) is 24.3 Å². The van der Waals surface area contributed by atoms with Crippen LogP contribution in [-0.4, -0.2) is 16.7 Å². The molecule has 1 atom stereocenters. The minimum absolute atomic E-state index is 0.100. The predicted octanol–water partition coefficient (Wildman–Crippen LogP) is 6.00. The first-order valence-electron chi connectivity index (χ1n) is 10.0. The average molecular weight is 410 g/mol. The number of carbonyl (C=O) groups is 2. The van der Waals surface area contributed by atoms with Crippen molar-refractivity contribution >= 4 is 35.0 Å². The fourth-order valence-electron chi connectivity index (χ4n) is 3.52. The monoisotopic (exact) mass is 410 g/mol. The van der Waals surface area contributed by atoms with Gasteiger partial charge in [0.05, 0.1) is 23.8 Å². The molecule has 0 spiro atoms. The van der Waals surface area contributed by atoms with Crippen LogP contribution in [0.4, 0.5) is 17.1 Å². The van der Waals surface area contributed by atoms with Crippen LogP contribution in [0.15, 0.2) is 95.3 Å². The maximum atomic E-state index is 12.7. The molecular formula is C25H22N4O2. The zero-order valence-electron chi connectivity index (χ0n) is 17.1. The number of azo groups is 1. The first-order valence-corrected chi connectivity index (χ1v) is 10.0. The van der Waals surface area contributed by atoms with Crippen LogP contribution in [0, 0.1) is 0 Å². The quantitative estimate of drug-likeness (QED) is 0.524. The normalized spacial score (nSPS) is 15.0. The van der Waals surface area contributed by atoms with Crippen molar-refractivity contribution in [3.05, 3.63) is 96.2 Å². The van der Waals surface area contributed by atoms with Crippen LogP contribution in [-0.2, 0) is 9.59 Å². The zero-order chi connectivity index (χ0) is 21.6. The number of nitrogens with one attached hydrogen (secondary N) is 1. The smallest absolute Gasteiger partial charge is 0.226 e. The van der Waals surface area contributed by atoms with Gasteiger partial charge in [-0.3, -0.25) is 9.59 Å². The van der Waals surface area contributed by atoms with E-state index in [1.807, 2.05) is 60.7 Å². The summed E-state index contributed by atoms with van der Waals surface area (Å²) in [7, 11) is 0. The molecule has 0 radical (unpaired) electrons. The van der Waals surface area contributed by atoms with E-state index in [0.717, 1.165) is 16.8 Å². The van der Waals surface area contributed by atoms with E-state index in [4.69, 9.17) is 0 Å². The van der Waals surface area contributed by atoms with Crippen molar-refractivity contribution in [3.63, 3.8) is 0 Å². The highest BCUT2D eigenvalue weighted by Crippen LogP contribution is 2.33. The Morgan fingerprint density at radius 2 is 1.52 bits per heavy atom. The highest BCUT2D eigenvalue weighted by molar-refractivity contribution is 5.92. The molecule has 1 unspecified atom stereocenters. The topological polar surface area (TPSA) is 74.1 Å². The van der Waals surface area contributed by atoms with Crippen LogP contribution in [0.1, 0.15) is 30.5 Å². The molecule has 0 bridgehead atoms. The summed E-state index contributed by atoms with van der Waals surface area (Å²) < 4.78 is 0. The third kappa shape index (κ3) is 4.93. The van der Waals surface area contributed by atoms with Gasteiger partial charge in [-0.05, 0) is 53.6 Å². The van der Waals surface area contributed by atoms with Gasteiger partial charge in [-0.1, -0.05) is 42.5 Å². The van der Waals surface area contributed by atoms with E-state index in [1.165, 1.54) is 6.92 Å². The summed E-state index contributed by atoms with van der Waals surface area (Å²) in [4.78, 5) is 26.4. The molecule has 0 saturated carbocycles. The van der Waals surface area contributed by atoms with Gasteiger partial charge in [0.15, 0.2) is 0 Å². The number of nitrogens with zero attached hydrogens (tertiary/aromatic N) is 3. The molecule has 0 fully saturated rings. The molecule has 1 heterocycles. The molecule has 0 aliphatic carbocycles. The molecule has 6 nitrogen and oxygen atoms in total. The number of amides is 2. The van der Waals surface area contributed by atoms with E-state index in [1.54, 1.807) is 35.4 Å². The maximum absolute atomic E-state index is 12.7. The first kappa shape index (κ1) is 20.2. The van der Waals surface area contributed by atoms with Crippen molar-refractivity contribution in [1.29, 1.82) is 0 Å². The third-order valence-electron chi connectivity index (χ3n) is 5.04. The molecule has 4 rings (SSSR count). The van der Waals surface area contributed by atoms with Gasteiger partial charge < -0.3 is 10.2 Å². The largest absolute Gasteiger partial charge is 0.326 e. The number of carbonyl (C=O) groups excluding carboxylic acids is 2. The van der Waals surface area contributed by atoms with Gasteiger partial charge >= 0.3 is 0 Å². The predicted molar refractivity (Wildman–Crippen MR) is 121 cm³/mol. The van der Waals surface area contributed by atoms with Crippen molar-refractivity contribution in [2.75, 3.05) is 5.32 Å². The van der Waals surface area contributed by atoms with Gasteiger partial charge in [0.2, 0.25) is 11.8 Å². The average Bonchev–Trinajstić information content (AvgIpc) is 2.79. The lowest BCUT2D eigenvalue weighted by atomic mass is 9.93. The molecule has 2 amide bonds. The van der Waals surface area contributed by atoms with E-state index < -0.39 is 0 Å². The van der Waals surface area contributed by atoms with Crippen LogP contribution in [0.3, 0.4) is 0 Å². The fourth-order valence-corrected chi connectivity index (χ4v) is 3.52. The fraction of sp³-hybridized carbons (Fsp3) is 0.120. The molecule has 3 aromatic rings. The second-order valence-corrected chi connectivity index (χ2v) is 7.22. The second-order valence-electron chi connectivity index (χ2n) is 7.22. The minimum Gasteiger partial charge on any atom is -0.326 e. The Morgan fingerprint density at radius 3 is 2.23 bits per heavy atom. The second kappa shape index (κ2) is 9.17. The molecule has 0 aromatic heterocycles. The molecule has 1 N–H and O–H groups in total. The van der Waals surface area contributed by atoms with E-state index in [0.29, 0.717) is 11.4 Å². The number of rotatable bonds is 5. The number of fused-ring (bicyclic) bond motifs is 1. The Hall–Kier alpha value is -4.06. The lowest BCUT2D eigenvalue weighted by Gasteiger charge is -2.32. The SMILES string of the molecule is CC(=O)N1C=Cc2ccccc2C1CC(=O)Nc1ccc(N=Nc2ccccc2)cc1. The van der Waals surface area contributed by atoms with Crippen LogP contribution in [0.2, 0.25) is 0 Å². The third-order valence-corrected chi connectivity index (χ3v) is 5.04. The van der Waals surface area contributed by atoms with Crippen molar-refractivity contribution in [3.8, 4) is 0 Å². The summed E-state index contributed by atoms with van der Waals surface area (Å²) >= 11 is 0. The maximum Gasteiger partial charge on any atom is 0.226 e. The van der Waals surface area contributed by atoms with Crippen LogP contribution in [0.5, 0.6) is 0 Å². The summed E-state index contributed by atoms with van der Waals surface area (Å²) in [6.45, 7) is 1.51. The molecule has 1 aliphatic rings. The Morgan fingerprint density at radius 1 is 0.871 bits per heavy atom. The summed E-state index contributed by atoms with van der Waals surface area (Å²) in [6.07, 6.45) is 3.80. The molecular weight excluding hydrogens is 388 g/mol. The van der Waals surface area contributed by atoms with Crippen LogP contribution in [0.25, 0.3) is 6.08 Å². The van der Waals surface area contributed by atoms with Gasteiger partial charge in [-0.25, -0.2) is 0 Å². The Balaban J connectivity index is 1.43. The highest BCUT2D eigenvalue weighted by Gasteiger charge is 2.28. The Labute approximate surface area is 180 Å². The summed E-state index contributed by atoms with van der Waals surface area (Å²) in [5.74, 6) is -0.267. The zero-order valence-corrected chi connectivity index (χ0v) is 17.1. The molecule has 1 aliphatic heterocycles. The van der Waals surface area contributed by atoms with E-state index in [9.17, 15) is 9.59 Å². The van der Waals surface area contributed by atoms with Crippen LogP contribution >= 0.6 is 0 Å². The van der Waals surface area contributed by atoms with Gasteiger partial charge in [0.1, 0.15) is 0 Å². The number of benzene rings is 3. The highest BCUT2D eigenvalue weighted by atomic mass is 16.2. The molecule has 31 heavy (non-hydrogen) atoms. The van der Waals surface area contributed by atoms with Crippen molar-refractivity contribution < 1.29 is 9.59 Å². The Kier molecular flexibility index (Phi) is 5.98.